The molecule has 4 aromatic carbocycles. The number of nitrogens with zero attached hydrogens (tertiary/aromatic N) is 1. The molecule has 1 unspecified atom stereocenters. The first kappa shape index (κ1) is 26.1. The van der Waals surface area contributed by atoms with Crippen LogP contribution in [0.5, 0.6) is 0 Å². The number of anilines is 2. The Balaban J connectivity index is 1.49. The topological polar surface area (TPSA) is 144 Å². The van der Waals surface area contributed by atoms with Crippen molar-refractivity contribution in [3.8, 4) is 0 Å². The summed E-state index contributed by atoms with van der Waals surface area (Å²) in [5, 5.41) is 15.7. The molecule has 0 saturated heterocycles. The highest BCUT2D eigenvalue weighted by atomic mass is 32.2. The molecule has 0 spiro atoms. The molecule has 0 aliphatic rings. The predicted octanol–water partition coefficient (Wildman–Crippen LogP) is 5.42. The first-order valence-corrected chi connectivity index (χ1v) is 12.3. The van der Waals surface area contributed by atoms with Crippen molar-refractivity contribution in [3.05, 3.63) is 130 Å². The number of nitrogens with two attached hydrogens (primary N) is 1. The fourth-order valence-corrected chi connectivity index (χ4v) is 4.62. The quantitative estimate of drug-likeness (QED) is 0.151. The van der Waals surface area contributed by atoms with Gasteiger partial charge in [0.15, 0.2) is 0 Å². The number of rotatable bonds is 9. The molecule has 0 heterocycles. The van der Waals surface area contributed by atoms with Crippen LogP contribution >= 0.6 is 11.8 Å². The summed E-state index contributed by atoms with van der Waals surface area (Å²) >= 11 is 1.31. The monoisotopic (exact) mass is 526 g/mol. The zero-order chi connectivity index (χ0) is 27.1. The van der Waals surface area contributed by atoms with E-state index in [1.54, 1.807) is 48.5 Å². The molecule has 9 nitrogen and oxygen atoms in total. The molecule has 10 heteroatoms. The molecule has 0 aromatic heterocycles. The van der Waals surface area contributed by atoms with Gasteiger partial charge in [-0.2, -0.15) is 0 Å². The maximum atomic E-state index is 13.3. The fourth-order valence-electron chi connectivity index (χ4n) is 3.60. The molecule has 1 atom stereocenters. The minimum absolute atomic E-state index is 0.0990. The molecule has 0 aliphatic heterocycles. The lowest BCUT2D eigenvalue weighted by molar-refractivity contribution is -0.384. The van der Waals surface area contributed by atoms with Crippen molar-refractivity contribution in [2.45, 2.75) is 10.1 Å². The van der Waals surface area contributed by atoms with E-state index in [0.29, 0.717) is 11.4 Å². The number of primary amides is 1. The fraction of sp³-hybridized carbons (Fsp3) is 0.0357. The van der Waals surface area contributed by atoms with Crippen LogP contribution in [0.15, 0.2) is 108 Å². The number of para-hydroxylation sites is 1. The lowest BCUT2D eigenvalue weighted by Crippen LogP contribution is -2.22. The Morgan fingerprint density at radius 2 is 1.42 bits per heavy atom. The van der Waals surface area contributed by atoms with Gasteiger partial charge in [-0.3, -0.25) is 24.5 Å². The van der Waals surface area contributed by atoms with Gasteiger partial charge in [-0.15, -0.1) is 11.8 Å². The molecule has 4 N–H and O–H groups in total. The first-order chi connectivity index (χ1) is 18.3. The van der Waals surface area contributed by atoms with Crippen LogP contribution in [0.3, 0.4) is 0 Å². The van der Waals surface area contributed by atoms with Crippen LogP contribution in [0.2, 0.25) is 0 Å². The van der Waals surface area contributed by atoms with Gasteiger partial charge >= 0.3 is 0 Å². The van der Waals surface area contributed by atoms with Crippen LogP contribution in [-0.2, 0) is 4.79 Å². The molecule has 190 valence electrons. The lowest BCUT2D eigenvalue weighted by Gasteiger charge is -2.18. The van der Waals surface area contributed by atoms with Gasteiger partial charge < -0.3 is 16.4 Å². The normalized spacial score (nSPS) is 11.3. The van der Waals surface area contributed by atoms with Crippen LogP contribution in [0, 0.1) is 10.1 Å². The maximum absolute atomic E-state index is 13.3. The molecular weight excluding hydrogens is 504 g/mol. The van der Waals surface area contributed by atoms with Crippen LogP contribution in [0.25, 0.3) is 0 Å². The molecule has 0 bridgehead atoms. The molecule has 4 aromatic rings. The smallest absolute Gasteiger partial charge is 0.269 e. The van der Waals surface area contributed by atoms with E-state index >= 15 is 0 Å². The van der Waals surface area contributed by atoms with Crippen molar-refractivity contribution in [2.24, 2.45) is 5.73 Å². The highest BCUT2D eigenvalue weighted by Gasteiger charge is 2.23. The molecule has 38 heavy (non-hydrogen) atoms. The van der Waals surface area contributed by atoms with Crippen molar-refractivity contribution in [2.75, 3.05) is 10.6 Å². The van der Waals surface area contributed by atoms with Crippen molar-refractivity contribution in [1.82, 2.24) is 0 Å². The first-order valence-electron chi connectivity index (χ1n) is 11.4. The Bertz CT molecular complexity index is 1480. The molecule has 0 saturated carbocycles. The van der Waals surface area contributed by atoms with Crippen LogP contribution in [0.1, 0.15) is 31.5 Å². The Morgan fingerprint density at radius 3 is 2.05 bits per heavy atom. The van der Waals surface area contributed by atoms with E-state index in [2.05, 4.69) is 10.6 Å². The SMILES string of the molecule is NC(=O)c1ccccc1NC(=O)C(Sc1ccc(NC(=O)c2ccc([N+](=O)[O-])cc2)cc1)c1ccccc1. The van der Waals surface area contributed by atoms with Gasteiger partial charge in [-0.05, 0) is 54.1 Å². The van der Waals surface area contributed by atoms with Crippen LogP contribution < -0.4 is 16.4 Å². The van der Waals surface area contributed by atoms with Crippen molar-refractivity contribution in [1.29, 1.82) is 0 Å². The van der Waals surface area contributed by atoms with E-state index in [1.807, 2.05) is 30.3 Å². The number of nitro benzene ring substituents is 1. The number of thioether (sulfide) groups is 1. The Labute approximate surface area is 222 Å². The van der Waals surface area contributed by atoms with Gasteiger partial charge in [0.05, 0.1) is 16.2 Å². The summed E-state index contributed by atoms with van der Waals surface area (Å²) in [6.07, 6.45) is 0. The second kappa shape index (κ2) is 11.8. The largest absolute Gasteiger partial charge is 0.366 e. The summed E-state index contributed by atoms with van der Waals surface area (Å²) in [6.45, 7) is 0. The van der Waals surface area contributed by atoms with E-state index in [4.69, 9.17) is 5.73 Å². The van der Waals surface area contributed by atoms with Gasteiger partial charge in [0, 0.05) is 28.3 Å². The Morgan fingerprint density at radius 1 is 0.789 bits per heavy atom. The standard InChI is InChI=1S/C28H22N4O5S/c29-26(33)23-8-4-5-9-24(23)31-28(35)25(18-6-2-1-3-7-18)38-22-16-12-20(13-17-22)30-27(34)19-10-14-21(15-11-19)32(36)37/h1-17,25H,(H2,29,33)(H,30,34)(H,31,35). The van der Waals surface area contributed by atoms with E-state index in [0.717, 1.165) is 10.5 Å². The number of hydrogen-bond acceptors (Lipinski definition) is 6. The number of nitrogens with one attached hydrogen (secondary N) is 2. The van der Waals surface area contributed by atoms with Gasteiger partial charge in [-0.25, -0.2) is 0 Å². The zero-order valence-corrected chi connectivity index (χ0v) is 20.7. The van der Waals surface area contributed by atoms with Crippen molar-refractivity contribution >= 4 is 46.5 Å². The summed E-state index contributed by atoms with van der Waals surface area (Å²) in [7, 11) is 0. The number of amides is 3. The summed E-state index contributed by atoms with van der Waals surface area (Å²) in [6, 6.07) is 28.0. The average molecular weight is 527 g/mol. The van der Waals surface area contributed by atoms with Crippen LogP contribution in [0.4, 0.5) is 17.1 Å². The number of benzene rings is 4. The number of nitro groups is 1. The summed E-state index contributed by atoms with van der Waals surface area (Å²) in [5.41, 5.74) is 7.47. The minimum Gasteiger partial charge on any atom is -0.366 e. The third-order valence-corrected chi connectivity index (χ3v) is 6.76. The van der Waals surface area contributed by atoms with Crippen molar-refractivity contribution in [3.63, 3.8) is 0 Å². The highest BCUT2D eigenvalue weighted by molar-refractivity contribution is 8.00. The van der Waals surface area contributed by atoms with Gasteiger partial charge in [-0.1, -0.05) is 42.5 Å². The molecule has 3 amide bonds. The third kappa shape index (κ3) is 6.42. The maximum Gasteiger partial charge on any atom is 0.269 e. The Kier molecular flexibility index (Phi) is 8.14. The summed E-state index contributed by atoms with van der Waals surface area (Å²) < 4.78 is 0. The van der Waals surface area contributed by atoms with Gasteiger partial charge in [0.25, 0.3) is 17.5 Å². The molecular formula is C28H22N4O5S. The van der Waals surface area contributed by atoms with E-state index in [9.17, 15) is 24.5 Å². The minimum atomic E-state index is -0.642. The van der Waals surface area contributed by atoms with Crippen LogP contribution in [-0.4, -0.2) is 22.6 Å². The van der Waals surface area contributed by atoms with Gasteiger partial charge in [0.1, 0.15) is 5.25 Å². The third-order valence-electron chi connectivity index (χ3n) is 5.50. The highest BCUT2D eigenvalue weighted by Crippen LogP contribution is 2.37. The number of non-ortho nitro benzene ring substituents is 1. The summed E-state index contributed by atoms with van der Waals surface area (Å²) in [5.74, 6) is -1.38. The van der Waals surface area contributed by atoms with Crippen molar-refractivity contribution < 1.29 is 19.3 Å². The second-order valence-electron chi connectivity index (χ2n) is 8.09. The lowest BCUT2D eigenvalue weighted by atomic mass is 10.1. The number of hydrogen-bond donors (Lipinski definition) is 3. The molecule has 0 aliphatic carbocycles. The second-order valence-corrected chi connectivity index (χ2v) is 9.27. The molecule has 0 fully saturated rings. The zero-order valence-electron chi connectivity index (χ0n) is 19.9. The number of carbonyl (C=O) groups excluding carboxylic acids is 3. The number of carbonyl (C=O) groups is 3. The van der Waals surface area contributed by atoms with E-state index < -0.39 is 22.0 Å². The average Bonchev–Trinajstić information content (AvgIpc) is 2.93. The van der Waals surface area contributed by atoms with Gasteiger partial charge in [0.2, 0.25) is 5.91 Å². The predicted molar refractivity (Wildman–Crippen MR) is 146 cm³/mol. The molecule has 4 rings (SSSR count). The molecule has 0 radical (unpaired) electrons. The summed E-state index contributed by atoms with van der Waals surface area (Å²) in [4.78, 5) is 48.7. The van der Waals surface area contributed by atoms with E-state index in [-0.39, 0.29) is 22.7 Å². The Hall–Kier alpha value is -4.96. The van der Waals surface area contributed by atoms with E-state index in [1.165, 1.54) is 36.0 Å².